The van der Waals surface area contributed by atoms with Gasteiger partial charge >= 0.3 is 17.9 Å². The lowest BCUT2D eigenvalue weighted by Gasteiger charge is -2.18. The Hall–Kier alpha value is -1.59. The topological polar surface area (TPSA) is 78.9 Å². The molecule has 0 aliphatic heterocycles. The van der Waals surface area contributed by atoms with Gasteiger partial charge in [-0.05, 0) is 37.0 Å². The largest absolute Gasteiger partial charge is 0.462 e. The van der Waals surface area contributed by atoms with Gasteiger partial charge in [0, 0.05) is 19.3 Å². The average molecular weight is 934 g/mol. The number of carbonyl (C=O) groups excluding carboxylic acids is 3. The molecule has 0 aromatic rings. The van der Waals surface area contributed by atoms with E-state index in [0.717, 1.165) is 75.5 Å². The maximum Gasteiger partial charge on any atom is 0.306 e. The van der Waals surface area contributed by atoms with Crippen LogP contribution in [0.4, 0.5) is 0 Å². The van der Waals surface area contributed by atoms with Crippen molar-refractivity contribution in [1.82, 2.24) is 0 Å². The van der Waals surface area contributed by atoms with Gasteiger partial charge in [0.25, 0.3) is 0 Å². The Morgan fingerprint density at radius 2 is 0.530 bits per heavy atom. The van der Waals surface area contributed by atoms with E-state index in [4.69, 9.17) is 14.2 Å². The van der Waals surface area contributed by atoms with E-state index in [0.29, 0.717) is 19.3 Å². The van der Waals surface area contributed by atoms with Crippen molar-refractivity contribution in [2.75, 3.05) is 13.2 Å². The average Bonchev–Trinajstić information content (AvgIpc) is 3.29. The summed E-state index contributed by atoms with van der Waals surface area (Å²) in [6.45, 7) is 13.8. The molecule has 0 aliphatic carbocycles. The third kappa shape index (κ3) is 51.8. The molecule has 66 heavy (non-hydrogen) atoms. The molecule has 0 radical (unpaired) electrons. The summed E-state index contributed by atoms with van der Waals surface area (Å²) in [7, 11) is 0. The van der Waals surface area contributed by atoms with Crippen LogP contribution in [0.2, 0.25) is 0 Å². The lowest BCUT2D eigenvalue weighted by Crippen LogP contribution is -2.30. The smallest absolute Gasteiger partial charge is 0.306 e. The zero-order valence-electron chi connectivity index (χ0n) is 45.5. The molecule has 0 N–H and O–H groups in total. The fraction of sp³-hybridized carbons (Fsp3) is 0.950. The fourth-order valence-corrected chi connectivity index (χ4v) is 9.14. The first-order valence-corrected chi connectivity index (χ1v) is 29.6. The summed E-state index contributed by atoms with van der Waals surface area (Å²) in [4.78, 5) is 38.2. The second kappa shape index (κ2) is 51.3. The Kier molecular flexibility index (Phi) is 50.0. The molecule has 2 atom stereocenters. The Balaban J connectivity index is 4.29. The van der Waals surface area contributed by atoms with Gasteiger partial charge in [0.05, 0.1) is 0 Å². The normalized spacial score (nSPS) is 12.5. The molecule has 0 spiro atoms. The van der Waals surface area contributed by atoms with Gasteiger partial charge in [-0.25, -0.2) is 0 Å². The van der Waals surface area contributed by atoms with Gasteiger partial charge in [-0.1, -0.05) is 292 Å². The summed E-state index contributed by atoms with van der Waals surface area (Å²) in [5.41, 5.74) is 0. The third-order valence-electron chi connectivity index (χ3n) is 14.0. The number of unbranched alkanes of at least 4 members (excludes halogenated alkanes) is 35. The summed E-state index contributed by atoms with van der Waals surface area (Å²) < 4.78 is 16.9. The summed E-state index contributed by atoms with van der Waals surface area (Å²) in [5, 5.41) is 0. The lowest BCUT2D eigenvalue weighted by atomic mass is 9.99. The van der Waals surface area contributed by atoms with Crippen molar-refractivity contribution in [3.8, 4) is 0 Å². The molecule has 1 unspecified atom stereocenters. The SMILES string of the molecule is CCC(C)CCCCCCCCCCCCCCCCC(=O)OC[C@@H](COC(=O)CCCCCCCCCCCCC(C)C)OC(=O)CCCCCCCCCCCCCCCCC(C)C. The predicted molar refractivity (Wildman–Crippen MR) is 284 cm³/mol. The number of esters is 3. The van der Waals surface area contributed by atoms with E-state index in [1.165, 1.54) is 212 Å². The molecule has 0 heterocycles. The van der Waals surface area contributed by atoms with Gasteiger partial charge in [0.1, 0.15) is 13.2 Å². The summed E-state index contributed by atoms with van der Waals surface area (Å²) in [6.07, 6.45) is 53.7. The van der Waals surface area contributed by atoms with E-state index in [1.54, 1.807) is 0 Å². The fourth-order valence-electron chi connectivity index (χ4n) is 9.14. The highest BCUT2D eigenvalue weighted by Crippen LogP contribution is 2.19. The quantitative estimate of drug-likeness (QED) is 0.0343. The van der Waals surface area contributed by atoms with E-state index in [9.17, 15) is 14.4 Å². The van der Waals surface area contributed by atoms with Crippen LogP contribution in [0, 0.1) is 17.8 Å². The van der Waals surface area contributed by atoms with Crippen LogP contribution in [0.15, 0.2) is 0 Å². The van der Waals surface area contributed by atoms with Crippen LogP contribution in [0.3, 0.4) is 0 Å². The van der Waals surface area contributed by atoms with E-state index in [1.807, 2.05) is 0 Å². The number of rotatable bonds is 53. The second-order valence-corrected chi connectivity index (χ2v) is 21.8. The number of hydrogen-bond acceptors (Lipinski definition) is 6. The van der Waals surface area contributed by atoms with Gasteiger partial charge in [0.2, 0.25) is 0 Å². The lowest BCUT2D eigenvalue weighted by molar-refractivity contribution is -0.167. The third-order valence-corrected chi connectivity index (χ3v) is 14.0. The van der Waals surface area contributed by atoms with Crippen molar-refractivity contribution >= 4 is 17.9 Å². The molecular weight excluding hydrogens is 817 g/mol. The molecule has 0 aromatic carbocycles. The number of ether oxygens (including phenoxy) is 3. The van der Waals surface area contributed by atoms with Crippen molar-refractivity contribution in [2.45, 2.75) is 337 Å². The maximum absolute atomic E-state index is 12.9. The molecule has 6 heteroatoms. The Bertz CT molecular complexity index is 1020. The Morgan fingerprint density at radius 1 is 0.303 bits per heavy atom. The summed E-state index contributed by atoms with van der Waals surface area (Å²) in [5.74, 6) is 1.72. The van der Waals surface area contributed by atoms with Crippen molar-refractivity contribution in [3.05, 3.63) is 0 Å². The van der Waals surface area contributed by atoms with Gasteiger partial charge in [-0.2, -0.15) is 0 Å². The van der Waals surface area contributed by atoms with Gasteiger partial charge in [-0.3, -0.25) is 14.4 Å². The Labute approximate surface area is 412 Å². The summed E-state index contributed by atoms with van der Waals surface area (Å²) >= 11 is 0. The molecule has 0 aromatic heterocycles. The standard InChI is InChI=1S/C60H116O6/c1-7-56(6)48-42-36-30-24-17-13-9-11-14-18-25-31-37-43-49-58(61)64-52-57(53-65-59(62)50-44-38-32-26-21-20-23-29-35-41-47-55(4)5)66-60(63)51-45-39-33-27-19-15-10-8-12-16-22-28-34-40-46-54(2)3/h54-57H,7-53H2,1-6H3/t56?,57-/m0/s1. The Morgan fingerprint density at radius 3 is 0.788 bits per heavy atom. The van der Waals surface area contributed by atoms with Crippen LogP contribution in [-0.4, -0.2) is 37.2 Å². The highest BCUT2D eigenvalue weighted by molar-refractivity contribution is 5.71. The van der Waals surface area contributed by atoms with E-state index in [2.05, 4.69) is 41.5 Å². The second-order valence-electron chi connectivity index (χ2n) is 21.8. The molecule has 0 aliphatic rings. The molecule has 0 rings (SSSR count). The van der Waals surface area contributed by atoms with Crippen molar-refractivity contribution in [2.24, 2.45) is 17.8 Å². The highest BCUT2D eigenvalue weighted by atomic mass is 16.6. The van der Waals surface area contributed by atoms with E-state index < -0.39 is 6.10 Å². The monoisotopic (exact) mass is 933 g/mol. The molecule has 0 amide bonds. The molecule has 0 saturated heterocycles. The molecule has 0 saturated carbocycles. The van der Waals surface area contributed by atoms with E-state index >= 15 is 0 Å². The molecule has 0 bridgehead atoms. The molecule has 6 nitrogen and oxygen atoms in total. The van der Waals surface area contributed by atoms with Crippen molar-refractivity contribution in [1.29, 1.82) is 0 Å². The molecular formula is C60H116O6. The van der Waals surface area contributed by atoms with Crippen LogP contribution in [0.1, 0.15) is 330 Å². The van der Waals surface area contributed by atoms with Crippen LogP contribution in [-0.2, 0) is 28.6 Å². The minimum atomic E-state index is -0.764. The van der Waals surface area contributed by atoms with Gasteiger partial charge in [0.15, 0.2) is 6.10 Å². The number of carbonyl (C=O) groups is 3. The van der Waals surface area contributed by atoms with Crippen molar-refractivity contribution < 1.29 is 28.6 Å². The minimum absolute atomic E-state index is 0.0634. The highest BCUT2D eigenvalue weighted by Gasteiger charge is 2.19. The summed E-state index contributed by atoms with van der Waals surface area (Å²) in [6, 6.07) is 0. The minimum Gasteiger partial charge on any atom is -0.462 e. The van der Waals surface area contributed by atoms with Crippen LogP contribution >= 0.6 is 0 Å². The van der Waals surface area contributed by atoms with E-state index in [-0.39, 0.29) is 31.1 Å². The number of hydrogen-bond donors (Lipinski definition) is 0. The first kappa shape index (κ1) is 64.4. The van der Waals surface area contributed by atoms with Gasteiger partial charge < -0.3 is 14.2 Å². The maximum atomic E-state index is 12.9. The predicted octanol–water partition coefficient (Wildman–Crippen LogP) is 19.5. The molecule has 392 valence electrons. The van der Waals surface area contributed by atoms with Gasteiger partial charge in [-0.15, -0.1) is 0 Å². The van der Waals surface area contributed by atoms with Crippen molar-refractivity contribution in [3.63, 3.8) is 0 Å². The van der Waals surface area contributed by atoms with Crippen LogP contribution < -0.4 is 0 Å². The first-order valence-electron chi connectivity index (χ1n) is 29.6. The zero-order chi connectivity index (χ0) is 48.4. The molecule has 0 fully saturated rings. The zero-order valence-corrected chi connectivity index (χ0v) is 45.5. The first-order chi connectivity index (χ1) is 32.1. The van der Waals surface area contributed by atoms with Crippen LogP contribution in [0.25, 0.3) is 0 Å². The van der Waals surface area contributed by atoms with Crippen LogP contribution in [0.5, 0.6) is 0 Å².